The lowest BCUT2D eigenvalue weighted by Crippen LogP contribution is -2.49. The molecule has 0 aliphatic carbocycles. The highest BCUT2D eigenvalue weighted by atomic mass is 35.5. The van der Waals surface area contributed by atoms with Crippen molar-refractivity contribution in [3.8, 4) is 0 Å². The van der Waals surface area contributed by atoms with Crippen molar-refractivity contribution in [1.82, 2.24) is 4.90 Å². The van der Waals surface area contributed by atoms with E-state index in [1.165, 1.54) is 0 Å². The van der Waals surface area contributed by atoms with Crippen molar-refractivity contribution >= 4 is 29.1 Å². The maximum absolute atomic E-state index is 11.6. The summed E-state index contributed by atoms with van der Waals surface area (Å²) in [4.78, 5) is 25.8. The van der Waals surface area contributed by atoms with Crippen molar-refractivity contribution in [2.24, 2.45) is 5.18 Å². The van der Waals surface area contributed by atoms with Gasteiger partial charge in [0.15, 0.2) is 0 Å². The smallest absolute Gasteiger partial charge is 0.409 e. The third-order valence-corrected chi connectivity index (χ3v) is 3.49. The SMILES string of the molecule is CCOC(=O)N1CCN(c2ccc(N=O)cc2Cl)CC1. The van der Waals surface area contributed by atoms with Crippen molar-refractivity contribution in [3.63, 3.8) is 0 Å². The first-order valence-electron chi connectivity index (χ1n) is 6.45. The molecular weight excluding hydrogens is 282 g/mol. The summed E-state index contributed by atoms with van der Waals surface area (Å²) in [5.74, 6) is 0. The Bertz CT molecular complexity index is 502. The average molecular weight is 298 g/mol. The van der Waals surface area contributed by atoms with Crippen molar-refractivity contribution in [1.29, 1.82) is 0 Å². The molecule has 1 aliphatic rings. The van der Waals surface area contributed by atoms with E-state index >= 15 is 0 Å². The van der Waals surface area contributed by atoms with Gasteiger partial charge in [0.25, 0.3) is 0 Å². The second kappa shape index (κ2) is 6.56. The number of carbonyl (C=O) groups is 1. The molecule has 1 aromatic carbocycles. The standard InChI is InChI=1S/C13H16ClN3O3/c1-2-20-13(18)17-7-5-16(6-8-17)12-4-3-10(15-19)9-11(12)14/h3-4,9H,2,5-8H2,1H3. The van der Waals surface area contributed by atoms with Crippen LogP contribution in [0.2, 0.25) is 5.02 Å². The lowest BCUT2D eigenvalue weighted by atomic mass is 10.2. The molecule has 1 aromatic rings. The Morgan fingerprint density at radius 2 is 2.05 bits per heavy atom. The van der Waals surface area contributed by atoms with E-state index in [1.54, 1.807) is 30.0 Å². The monoisotopic (exact) mass is 297 g/mol. The van der Waals surface area contributed by atoms with Gasteiger partial charge in [0.1, 0.15) is 5.69 Å². The lowest BCUT2D eigenvalue weighted by Gasteiger charge is -2.35. The van der Waals surface area contributed by atoms with Gasteiger partial charge in [-0.2, -0.15) is 0 Å². The Kier molecular flexibility index (Phi) is 4.79. The first-order chi connectivity index (χ1) is 9.65. The van der Waals surface area contributed by atoms with Gasteiger partial charge in [-0.1, -0.05) is 11.6 Å². The number of nitroso groups, excluding NO2 is 1. The molecule has 1 heterocycles. The molecule has 0 aromatic heterocycles. The molecule has 0 saturated carbocycles. The number of rotatable bonds is 3. The maximum Gasteiger partial charge on any atom is 0.409 e. The van der Waals surface area contributed by atoms with Crippen LogP contribution < -0.4 is 4.90 Å². The van der Waals surface area contributed by atoms with Gasteiger partial charge in [-0.3, -0.25) is 0 Å². The van der Waals surface area contributed by atoms with E-state index in [4.69, 9.17) is 16.3 Å². The number of piperazine rings is 1. The molecule has 0 bridgehead atoms. The average Bonchev–Trinajstić information content (AvgIpc) is 2.47. The van der Waals surface area contributed by atoms with Crippen LogP contribution in [0.25, 0.3) is 0 Å². The number of benzene rings is 1. The fraction of sp³-hybridized carbons (Fsp3) is 0.462. The summed E-state index contributed by atoms with van der Waals surface area (Å²) in [5.41, 5.74) is 1.16. The predicted molar refractivity (Wildman–Crippen MR) is 77.7 cm³/mol. The fourth-order valence-electron chi connectivity index (χ4n) is 2.15. The Balaban J connectivity index is 2.00. The molecule has 1 aliphatic heterocycles. The van der Waals surface area contributed by atoms with Crippen molar-refractivity contribution in [2.75, 3.05) is 37.7 Å². The number of nitrogens with zero attached hydrogens (tertiary/aromatic N) is 3. The van der Waals surface area contributed by atoms with E-state index in [0.717, 1.165) is 5.69 Å². The minimum atomic E-state index is -0.279. The summed E-state index contributed by atoms with van der Waals surface area (Å²) < 4.78 is 4.97. The molecule has 2 rings (SSSR count). The van der Waals surface area contributed by atoms with Gasteiger partial charge in [-0.15, -0.1) is 4.91 Å². The Labute approximate surface area is 122 Å². The van der Waals surface area contributed by atoms with Crippen LogP contribution in [-0.2, 0) is 4.74 Å². The molecule has 108 valence electrons. The summed E-state index contributed by atoms with van der Waals surface area (Å²) in [5, 5.41) is 3.34. The molecule has 1 saturated heterocycles. The highest BCUT2D eigenvalue weighted by Gasteiger charge is 2.23. The zero-order valence-corrected chi connectivity index (χ0v) is 12.0. The van der Waals surface area contributed by atoms with Gasteiger partial charge in [0.2, 0.25) is 0 Å². The van der Waals surface area contributed by atoms with Crippen LogP contribution in [-0.4, -0.2) is 43.8 Å². The highest BCUT2D eigenvalue weighted by molar-refractivity contribution is 6.33. The van der Waals surface area contributed by atoms with E-state index in [0.29, 0.717) is 43.5 Å². The van der Waals surface area contributed by atoms with E-state index < -0.39 is 0 Å². The highest BCUT2D eigenvalue weighted by Crippen LogP contribution is 2.30. The maximum atomic E-state index is 11.6. The Morgan fingerprint density at radius 1 is 1.35 bits per heavy atom. The predicted octanol–water partition coefficient (Wildman–Crippen LogP) is 3.02. The second-order valence-electron chi connectivity index (χ2n) is 4.40. The molecule has 1 amide bonds. The third-order valence-electron chi connectivity index (χ3n) is 3.18. The van der Waals surface area contributed by atoms with Crippen LogP contribution in [0, 0.1) is 4.91 Å². The Hall–Kier alpha value is -1.82. The molecule has 7 heteroatoms. The van der Waals surface area contributed by atoms with E-state index in [2.05, 4.69) is 10.1 Å². The quantitative estimate of drug-likeness (QED) is 0.805. The Morgan fingerprint density at radius 3 is 2.60 bits per heavy atom. The van der Waals surface area contributed by atoms with Gasteiger partial charge in [-0.05, 0) is 30.3 Å². The number of hydrogen-bond donors (Lipinski definition) is 0. The molecule has 0 unspecified atom stereocenters. The second-order valence-corrected chi connectivity index (χ2v) is 4.81. The zero-order chi connectivity index (χ0) is 14.5. The van der Waals surface area contributed by atoms with Gasteiger partial charge in [-0.25, -0.2) is 4.79 Å². The van der Waals surface area contributed by atoms with Crippen LogP contribution in [0.4, 0.5) is 16.2 Å². The normalized spacial score (nSPS) is 15.1. The molecule has 0 N–H and O–H groups in total. The van der Waals surface area contributed by atoms with Crippen LogP contribution in [0.15, 0.2) is 23.4 Å². The number of carbonyl (C=O) groups excluding carboxylic acids is 1. The topological polar surface area (TPSA) is 62.2 Å². The minimum absolute atomic E-state index is 0.279. The van der Waals surface area contributed by atoms with Crippen molar-refractivity contribution < 1.29 is 9.53 Å². The summed E-state index contributed by atoms with van der Waals surface area (Å²) >= 11 is 6.14. The zero-order valence-electron chi connectivity index (χ0n) is 11.2. The summed E-state index contributed by atoms with van der Waals surface area (Å²) in [6.07, 6.45) is -0.279. The van der Waals surface area contributed by atoms with E-state index in [1.807, 2.05) is 0 Å². The molecule has 6 nitrogen and oxygen atoms in total. The number of halogens is 1. The summed E-state index contributed by atoms with van der Waals surface area (Å²) in [6, 6.07) is 4.95. The van der Waals surface area contributed by atoms with Gasteiger partial charge < -0.3 is 14.5 Å². The largest absolute Gasteiger partial charge is 0.450 e. The molecular formula is C13H16ClN3O3. The van der Waals surface area contributed by atoms with E-state index in [-0.39, 0.29) is 6.09 Å². The lowest BCUT2D eigenvalue weighted by molar-refractivity contribution is 0.105. The molecule has 20 heavy (non-hydrogen) atoms. The first kappa shape index (κ1) is 14.6. The van der Waals surface area contributed by atoms with Crippen LogP contribution in [0.3, 0.4) is 0 Å². The first-order valence-corrected chi connectivity index (χ1v) is 6.83. The molecule has 0 spiro atoms. The van der Waals surface area contributed by atoms with E-state index in [9.17, 15) is 9.70 Å². The molecule has 0 radical (unpaired) electrons. The van der Waals surface area contributed by atoms with Crippen LogP contribution in [0.1, 0.15) is 6.92 Å². The summed E-state index contributed by atoms with van der Waals surface area (Å²) in [7, 11) is 0. The fourth-order valence-corrected chi connectivity index (χ4v) is 2.45. The minimum Gasteiger partial charge on any atom is -0.450 e. The van der Waals surface area contributed by atoms with Gasteiger partial charge in [0.05, 0.1) is 17.3 Å². The number of hydrogen-bond acceptors (Lipinski definition) is 5. The third kappa shape index (κ3) is 3.19. The van der Waals surface area contributed by atoms with Crippen molar-refractivity contribution in [3.05, 3.63) is 28.1 Å². The molecule has 0 atom stereocenters. The van der Waals surface area contributed by atoms with Crippen LogP contribution in [0.5, 0.6) is 0 Å². The number of anilines is 1. The van der Waals surface area contributed by atoms with Gasteiger partial charge in [0, 0.05) is 26.2 Å². The summed E-state index contributed by atoms with van der Waals surface area (Å²) in [6.45, 7) is 4.69. The van der Waals surface area contributed by atoms with Gasteiger partial charge >= 0.3 is 6.09 Å². The number of ether oxygens (including phenoxy) is 1. The molecule has 1 fully saturated rings. The van der Waals surface area contributed by atoms with Crippen molar-refractivity contribution in [2.45, 2.75) is 6.92 Å². The van der Waals surface area contributed by atoms with Crippen LogP contribution >= 0.6 is 11.6 Å². The number of amides is 1.